The van der Waals surface area contributed by atoms with Crippen LogP contribution < -0.4 is 0 Å². The number of carbonyl (C=O) groups excluding carboxylic acids is 2. The van der Waals surface area contributed by atoms with Crippen molar-refractivity contribution in [3.05, 3.63) is 0 Å². The summed E-state index contributed by atoms with van der Waals surface area (Å²) < 4.78 is 10.2. The number of aliphatic hydroxyl groups is 1. The summed E-state index contributed by atoms with van der Waals surface area (Å²) in [4.78, 5) is 22.5. The molecule has 0 fully saturated rings. The van der Waals surface area contributed by atoms with Crippen molar-refractivity contribution in [3.63, 3.8) is 0 Å². The molecule has 0 heterocycles. The first-order chi connectivity index (χ1) is 20.2. The zero-order chi connectivity index (χ0) is 31.7. The van der Waals surface area contributed by atoms with E-state index in [0.717, 1.165) is 19.3 Å². The lowest BCUT2D eigenvalue weighted by Gasteiger charge is -2.16. The summed E-state index contributed by atoms with van der Waals surface area (Å²) >= 11 is 0. The van der Waals surface area contributed by atoms with E-state index in [1.54, 1.807) is 0 Å². The molecule has 1 unspecified atom stereocenters. The van der Waals surface area contributed by atoms with Crippen LogP contribution in [0.1, 0.15) is 202 Å². The van der Waals surface area contributed by atoms with Gasteiger partial charge in [0.05, 0.1) is 18.6 Å². The highest BCUT2D eigenvalue weighted by Crippen LogP contribution is 2.16. The molecule has 0 aliphatic carbocycles. The van der Waals surface area contributed by atoms with E-state index in [1.807, 2.05) is 20.8 Å². The second-order valence-electron chi connectivity index (χ2n) is 13.4. The molecule has 0 aromatic rings. The van der Waals surface area contributed by atoms with Crippen molar-refractivity contribution >= 4 is 11.9 Å². The molecule has 0 bridgehead atoms. The molecule has 0 amide bonds. The summed E-state index contributed by atoms with van der Waals surface area (Å²) in [6.07, 6.45) is 32.0. The molecule has 0 spiro atoms. The third-order valence-corrected chi connectivity index (χ3v) is 7.68. The third-order valence-electron chi connectivity index (χ3n) is 7.68. The van der Waals surface area contributed by atoms with Gasteiger partial charge in [0.15, 0.2) is 0 Å². The highest BCUT2D eigenvalue weighted by Gasteiger charge is 2.22. The molecule has 0 saturated carbocycles. The van der Waals surface area contributed by atoms with Crippen molar-refractivity contribution in [1.82, 2.24) is 0 Å². The van der Waals surface area contributed by atoms with Gasteiger partial charge in [-0.15, -0.1) is 0 Å². The van der Waals surface area contributed by atoms with Crippen LogP contribution in [0.4, 0.5) is 0 Å². The van der Waals surface area contributed by atoms with Crippen LogP contribution in [-0.2, 0) is 19.1 Å². The van der Waals surface area contributed by atoms with Gasteiger partial charge in [-0.2, -0.15) is 0 Å². The predicted molar refractivity (Wildman–Crippen MR) is 180 cm³/mol. The summed E-state index contributed by atoms with van der Waals surface area (Å²) in [5.74, 6) is -0.584. The molecule has 0 rings (SSSR count). The number of ether oxygens (including phenoxy) is 2. The molecule has 5 heteroatoms. The summed E-state index contributed by atoms with van der Waals surface area (Å²) in [7, 11) is 0. The first-order valence-corrected chi connectivity index (χ1v) is 18.2. The van der Waals surface area contributed by atoms with E-state index in [9.17, 15) is 9.59 Å². The van der Waals surface area contributed by atoms with Crippen molar-refractivity contribution < 1.29 is 24.2 Å². The summed E-state index contributed by atoms with van der Waals surface area (Å²) in [5, 5.41) is 8.96. The zero-order valence-electron chi connectivity index (χ0n) is 29.2. The SMILES string of the molecule is CCCCCCCCCCCCCCCCOC(=O)C(C)O.CCCCCCCCCCCCCOC(=O)C(C)(C)C. The number of hydrogen-bond acceptors (Lipinski definition) is 5. The Morgan fingerprint density at radius 1 is 0.500 bits per heavy atom. The van der Waals surface area contributed by atoms with Crippen LogP contribution in [0.25, 0.3) is 0 Å². The van der Waals surface area contributed by atoms with Crippen LogP contribution in [0.3, 0.4) is 0 Å². The van der Waals surface area contributed by atoms with Gasteiger partial charge in [0.25, 0.3) is 0 Å². The second kappa shape index (κ2) is 32.8. The molecule has 1 atom stereocenters. The lowest BCUT2D eigenvalue weighted by Crippen LogP contribution is -2.23. The van der Waals surface area contributed by atoms with Crippen molar-refractivity contribution in [2.45, 2.75) is 208 Å². The average Bonchev–Trinajstić information content (AvgIpc) is 2.95. The van der Waals surface area contributed by atoms with Crippen molar-refractivity contribution in [2.24, 2.45) is 5.41 Å². The van der Waals surface area contributed by atoms with Crippen LogP contribution in [-0.4, -0.2) is 36.4 Å². The minimum Gasteiger partial charge on any atom is -0.465 e. The Morgan fingerprint density at radius 2 is 0.762 bits per heavy atom. The summed E-state index contributed by atoms with van der Waals surface area (Å²) in [6, 6.07) is 0. The number of unbranched alkanes of at least 4 members (excludes halogenated alkanes) is 23. The zero-order valence-corrected chi connectivity index (χ0v) is 29.2. The van der Waals surface area contributed by atoms with E-state index in [2.05, 4.69) is 13.8 Å². The van der Waals surface area contributed by atoms with Crippen LogP contribution in [0, 0.1) is 5.41 Å². The fraction of sp³-hybridized carbons (Fsp3) is 0.946. The number of rotatable bonds is 28. The largest absolute Gasteiger partial charge is 0.465 e. The molecule has 42 heavy (non-hydrogen) atoms. The van der Waals surface area contributed by atoms with Gasteiger partial charge in [-0.05, 0) is 40.5 Å². The third kappa shape index (κ3) is 35.1. The van der Waals surface area contributed by atoms with Crippen molar-refractivity contribution in [2.75, 3.05) is 13.2 Å². The number of aliphatic hydroxyl groups excluding tert-OH is 1. The van der Waals surface area contributed by atoms with E-state index in [1.165, 1.54) is 148 Å². The minimum absolute atomic E-state index is 0.0791. The topological polar surface area (TPSA) is 72.8 Å². The highest BCUT2D eigenvalue weighted by molar-refractivity contribution is 5.75. The maximum absolute atomic E-state index is 11.5. The first kappa shape index (κ1) is 43.0. The highest BCUT2D eigenvalue weighted by atomic mass is 16.5. The monoisotopic (exact) mass is 599 g/mol. The van der Waals surface area contributed by atoms with E-state index >= 15 is 0 Å². The molecule has 0 aliphatic rings. The minimum atomic E-state index is -0.994. The molecule has 1 N–H and O–H groups in total. The number of hydrogen-bond donors (Lipinski definition) is 1. The Kier molecular flexibility index (Phi) is 33.6. The standard InChI is InChI=1S/C19H38O3.C18H36O2/c1-3-4-5-6-7-8-9-10-11-12-13-14-15-16-17-22-19(21)18(2)20;1-5-6-7-8-9-10-11-12-13-14-15-16-20-17(19)18(2,3)4/h18,20H,3-17H2,1-2H3;5-16H2,1-4H3. The Morgan fingerprint density at radius 3 is 1.02 bits per heavy atom. The average molecular weight is 599 g/mol. The summed E-state index contributed by atoms with van der Waals surface area (Å²) in [5.41, 5.74) is -0.363. The lowest BCUT2D eigenvalue weighted by molar-refractivity contribution is -0.153. The summed E-state index contributed by atoms with van der Waals surface area (Å²) in [6.45, 7) is 12.7. The van der Waals surface area contributed by atoms with Gasteiger partial charge in [0.1, 0.15) is 6.10 Å². The van der Waals surface area contributed by atoms with Crippen LogP contribution in [0.5, 0.6) is 0 Å². The molecule has 0 aliphatic heterocycles. The van der Waals surface area contributed by atoms with E-state index in [0.29, 0.717) is 13.2 Å². The van der Waals surface area contributed by atoms with Crippen LogP contribution in [0.15, 0.2) is 0 Å². The molecule has 0 radical (unpaired) electrons. The smallest absolute Gasteiger partial charge is 0.334 e. The van der Waals surface area contributed by atoms with Crippen LogP contribution >= 0.6 is 0 Å². The molecule has 0 saturated heterocycles. The Balaban J connectivity index is 0. The number of esters is 2. The van der Waals surface area contributed by atoms with E-state index < -0.39 is 12.1 Å². The maximum Gasteiger partial charge on any atom is 0.334 e. The Labute approximate surface area is 262 Å². The molecular weight excluding hydrogens is 524 g/mol. The van der Waals surface area contributed by atoms with Gasteiger partial charge >= 0.3 is 11.9 Å². The van der Waals surface area contributed by atoms with Gasteiger partial charge in [0, 0.05) is 0 Å². The number of carbonyl (C=O) groups is 2. The van der Waals surface area contributed by atoms with Crippen molar-refractivity contribution in [3.8, 4) is 0 Å². The molecule has 252 valence electrons. The molecule has 0 aromatic carbocycles. The van der Waals surface area contributed by atoms with Gasteiger partial charge in [-0.25, -0.2) is 4.79 Å². The van der Waals surface area contributed by atoms with Gasteiger partial charge < -0.3 is 14.6 Å². The van der Waals surface area contributed by atoms with Crippen molar-refractivity contribution in [1.29, 1.82) is 0 Å². The van der Waals surface area contributed by atoms with Gasteiger partial charge in [0.2, 0.25) is 0 Å². The van der Waals surface area contributed by atoms with Gasteiger partial charge in [-0.3, -0.25) is 4.79 Å². The molecule has 0 aromatic heterocycles. The second-order valence-corrected chi connectivity index (χ2v) is 13.4. The maximum atomic E-state index is 11.5. The predicted octanol–water partition coefficient (Wildman–Crippen LogP) is 11.3. The molecule has 5 nitrogen and oxygen atoms in total. The van der Waals surface area contributed by atoms with Crippen LogP contribution in [0.2, 0.25) is 0 Å². The van der Waals surface area contributed by atoms with E-state index in [-0.39, 0.29) is 11.4 Å². The lowest BCUT2D eigenvalue weighted by atomic mass is 9.97. The van der Waals surface area contributed by atoms with Gasteiger partial charge in [-0.1, -0.05) is 162 Å². The quantitative estimate of drug-likeness (QED) is 0.0716. The van der Waals surface area contributed by atoms with E-state index in [4.69, 9.17) is 14.6 Å². The first-order valence-electron chi connectivity index (χ1n) is 18.2. The Bertz CT molecular complexity index is 567. The normalized spacial score (nSPS) is 12.0. The fourth-order valence-electron chi connectivity index (χ4n) is 4.74. The molecular formula is C37H74O5. The fourth-order valence-corrected chi connectivity index (χ4v) is 4.74. The Hall–Kier alpha value is -1.10.